The first kappa shape index (κ1) is 23.1. The standard InChI is InChI=1S/C26H20F3NO4/c1-16-5-6-18(24-11-8-21(15-31)34-24)14-22(16)30-25(32)12-9-20-7-10-23(33-20)17-3-2-4-19(13-17)26(27,28)29/h2-14,31H,15H2,1H3,(H,30,32)/b12-9+. The number of aliphatic hydroxyl groups excluding tert-OH is 1. The molecular formula is C26H20F3NO4. The summed E-state index contributed by atoms with van der Waals surface area (Å²) < 4.78 is 50.0. The van der Waals surface area contributed by atoms with Gasteiger partial charge < -0.3 is 19.3 Å². The molecule has 0 atom stereocenters. The summed E-state index contributed by atoms with van der Waals surface area (Å²) in [5.74, 6) is 1.17. The zero-order valence-corrected chi connectivity index (χ0v) is 18.0. The molecule has 2 aromatic heterocycles. The first-order valence-corrected chi connectivity index (χ1v) is 10.3. The topological polar surface area (TPSA) is 75.6 Å². The van der Waals surface area contributed by atoms with Crippen LogP contribution >= 0.6 is 0 Å². The number of amides is 1. The van der Waals surface area contributed by atoms with Crippen molar-refractivity contribution in [3.05, 3.63) is 95.5 Å². The Morgan fingerprint density at radius 1 is 0.971 bits per heavy atom. The van der Waals surface area contributed by atoms with Gasteiger partial charge in [0.2, 0.25) is 5.91 Å². The number of aryl methyl sites for hydroxylation is 1. The fourth-order valence-electron chi connectivity index (χ4n) is 3.31. The average molecular weight is 467 g/mol. The summed E-state index contributed by atoms with van der Waals surface area (Å²) in [7, 11) is 0. The lowest BCUT2D eigenvalue weighted by Gasteiger charge is -2.08. The van der Waals surface area contributed by atoms with E-state index in [-0.39, 0.29) is 17.9 Å². The maximum absolute atomic E-state index is 12.9. The number of anilines is 1. The highest BCUT2D eigenvalue weighted by atomic mass is 19.4. The molecule has 5 nitrogen and oxygen atoms in total. The maximum atomic E-state index is 12.9. The number of alkyl halides is 3. The molecule has 0 aliphatic carbocycles. The number of aliphatic hydroxyl groups is 1. The van der Waals surface area contributed by atoms with Gasteiger partial charge in [-0.2, -0.15) is 13.2 Å². The van der Waals surface area contributed by atoms with Crippen LogP contribution in [0.3, 0.4) is 0 Å². The van der Waals surface area contributed by atoms with E-state index in [1.807, 2.05) is 19.1 Å². The van der Waals surface area contributed by atoms with Crippen LogP contribution in [-0.4, -0.2) is 11.0 Å². The maximum Gasteiger partial charge on any atom is 0.416 e. The molecule has 0 saturated heterocycles. The summed E-state index contributed by atoms with van der Waals surface area (Å²) in [5, 5.41) is 12.0. The number of hydrogen-bond acceptors (Lipinski definition) is 4. The zero-order valence-electron chi connectivity index (χ0n) is 18.0. The van der Waals surface area contributed by atoms with E-state index in [1.165, 1.54) is 24.3 Å². The number of furan rings is 2. The van der Waals surface area contributed by atoms with Gasteiger partial charge in [-0.3, -0.25) is 4.79 Å². The molecule has 4 aromatic rings. The molecule has 0 bridgehead atoms. The molecule has 0 aliphatic rings. The first-order chi connectivity index (χ1) is 16.2. The average Bonchev–Trinajstić information content (AvgIpc) is 3.49. The molecule has 1 amide bonds. The molecule has 0 aliphatic heterocycles. The van der Waals surface area contributed by atoms with Gasteiger partial charge in [0.15, 0.2) is 0 Å². The van der Waals surface area contributed by atoms with Crippen molar-refractivity contribution in [1.29, 1.82) is 0 Å². The van der Waals surface area contributed by atoms with Crippen molar-refractivity contribution in [1.82, 2.24) is 0 Å². The largest absolute Gasteiger partial charge is 0.459 e. The third kappa shape index (κ3) is 5.29. The van der Waals surface area contributed by atoms with E-state index in [2.05, 4.69) is 5.32 Å². The molecule has 2 heterocycles. The number of rotatable bonds is 6. The highest BCUT2D eigenvalue weighted by Crippen LogP contribution is 2.33. The van der Waals surface area contributed by atoms with Crippen molar-refractivity contribution in [3.63, 3.8) is 0 Å². The van der Waals surface area contributed by atoms with E-state index >= 15 is 0 Å². The van der Waals surface area contributed by atoms with Gasteiger partial charge in [0, 0.05) is 22.9 Å². The Hall–Kier alpha value is -4.04. The van der Waals surface area contributed by atoms with Gasteiger partial charge >= 0.3 is 6.18 Å². The molecule has 34 heavy (non-hydrogen) atoms. The minimum Gasteiger partial charge on any atom is -0.459 e. The van der Waals surface area contributed by atoms with Crippen LogP contribution in [0.4, 0.5) is 18.9 Å². The summed E-state index contributed by atoms with van der Waals surface area (Å²) in [6.45, 7) is 1.64. The van der Waals surface area contributed by atoms with Gasteiger partial charge in [0.05, 0.1) is 5.56 Å². The van der Waals surface area contributed by atoms with Crippen LogP contribution < -0.4 is 5.32 Å². The van der Waals surface area contributed by atoms with Crippen molar-refractivity contribution in [3.8, 4) is 22.6 Å². The normalized spacial score (nSPS) is 11.8. The van der Waals surface area contributed by atoms with Gasteiger partial charge in [-0.1, -0.05) is 24.3 Å². The molecule has 2 N–H and O–H groups in total. The predicted molar refractivity (Wildman–Crippen MR) is 122 cm³/mol. The zero-order chi connectivity index (χ0) is 24.3. The van der Waals surface area contributed by atoms with Crippen molar-refractivity contribution in [2.75, 3.05) is 5.32 Å². The lowest BCUT2D eigenvalue weighted by atomic mass is 10.1. The van der Waals surface area contributed by atoms with Crippen LogP contribution in [0.5, 0.6) is 0 Å². The number of carbonyl (C=O) groups is 1. The molecule has 0 fully saturated rings. The summed E-state index contributed by atoms with van der Waals surface area (Å²) in [4.78, 5) is 12.4. The monoisotopic (exact) mass is 467 g/mol. The third-order valence-corrected chi connectivity index (χ3v) is 5.10. The van der Waals surface area contributed by atoms with Gasteiger partial charge in [-0.15, -0.1) is 0 Å². The molecule has 0 spiro atoms. The summed E-state index contributed by atoms with van der Waals surface area (Å²) >= 11 is 0. The lowest BCUT2D eigenvalue weighted by molar-refractivity contribution is -0.137. The fraction of sp³-hybridized carbons (Fsp3) is 0.115. The van der Waals surface area contributed by atoms with E-state index in [9.17, 15) is 18.0 Å². The van der Waals surface area contributed by atoms with Crippen molar-refractivity contribution in [2.45, 2.75) is 19.7 Å². The highest BCUT2D eigenvalue weighted by Gasteiger charge is 2.30. The number of nitrogens with one attached hydrogen (secondary N) is 1. The second-order valence-electron chi connectivity index (χ2n) is 7.56. The van der Waals surface area contributed by atoms with Gasteiger partial charge in [0.1, 0.15) is 29.6 Å². The van der Waals surface area contributed by atoms with E-state index < -0.39 is 17.6 Å². The molecule has 0 saturated carbocycles. The molecule has 0 radical (unpaired) electrons. The molecular weight excluding hydrogens is 447 g/mol. The summed E-state index contributed by atoms with van der Waals surface area (Å²) in [5.41, 5.74) is 1.68. The fourth-order valence-corrected chi connectivity index (χ4v) is 3.31. The van der Waals surface area contributed by atoms with Crippen LogP contribution in [0.25, 0.3) is 28.7 Å². The second-order valence-corrected chi connectivity index (χ2v) is 7.56. The van der Waals surface area contributed by atoms with E-state index in [0.29, 0.717) is 23.0 Å². The van der Waals surface area contributed by atoms with Gasteiger partial charge in [0.25, 0.3) is 0 Å². The summed E-state index contributed by atoms with van der Waals surface area (Å²) in [6.07, 6.45) is -1.74. The van der Waals surface area contributed by atoms with E-state index in [4.69, 9.17) is 13.9 Å². The van der Waals surface area contributed by atoms with Crippen LogP contribution in [0.1, 0.15) is 22.6 Å². The number of carbonyl (C=O) groups excluding carboxylic acids is 1. The quantitative estimate of drug-likeness (QED) is 0.310. The molecule has 4 rings (SSSR count). The summed E-state index contributed by atoms with van der Waals surface area (Å²) in [6, 6.07) is 16.8. The second kappa shape index (κ2) is 9.44. The number of halogens is 3. The molecule has 8 heteroatoms. The minimum absolute atomic E-state index is 0.206. The lowest BCUT2D eigenvalue weighted by Crippen LogP contribution is -2.09. The first-order valence-electron chi connectivity index (χ1n) is 10.3. The minimum atomic E-state index is -4.45. The third-order valence-electron chi connectivity index (χ3n) is 5.10. The number of benzene rings is 2. The van der Waals surface area contributed by atoms with Crippen molar-refractivity contribution in [2.24, 2.45) is 0 Å². The Bertz CT molecular complexity index is 1350. The Morgan fingerprint density at radius 2 is 1.71 bits per heavy atom. The molecule has 174 valence electrons. The molecule has 2 aromatic carbocycles. The Kier molecular flexibility index (Phi) is 6.43. The smallest absolute Gasteiger partial charge is 0.416 e. The van der Waals surface area contributed by atoms with Crippen molar-refractivity contribution >= 4 is 17.7 Å². The van der Waals surface area contributed by atoms with E-state index in [1.54, 1.807) is 30.3 Å². The Labute approximate surface area is 193 Å². The predicted octanol–water partition coefficient (Wildman–Crippen LogP) is 6.68. The van der Waals surface area contributed by atoms with Crippen molar-refractivity contribution < 1.29 is 31.9 Å². The Morgan fingerprint density at radius 3 is 2.44 bits per heavy atom. The van der Waals surface area contributed by atoms with Gasteiger partial charge in [-0.25, -0.2) is 0 Å². The highest BCUT2D eigenvalue weighted by molar-refractivity contribution is 6.02. The SMILES string of the molecule is Cc1ccc(-c2ccc(CO)o2)cc1NC(=O)/C=C/c1ccc(-c2cccc(C(F)(F)F)c2)o1. The number of hydrogen-bond donors (Lipinski definition) is 2. The van der Waals surface area contributed by atoms with Crippen LogP contribution in [0.2, 0.25) is 0 Å². The molecule has 0 unspecified atom stereocenters. The van der Waals surface area contributed by atoms with E-state index in [0.717, 1.165) is 23.3 Å². The Balaban J connectivity index is 1.46. The van der Waals surface area contributed by atoms with Crippen LogP contribution in [0.15, 0.2) is 81.6 Å². The van der Waals surface area contributed by atoms with Gasteiger partial charge in [-0.05, 0) is 61.0 Å². The van der Waals surface area contributed by atoms with Crippen LogP contribution in [0, 0.1) is 6.92 Å². The van der Waals surface area contributed by atoms with Crippen LogP contribution in [-0.2, 0) is 17.6 Å².